The first-order valence-corrected chi connectivity index (χ1v) is 10.2. The number of hydrazone groups is 1. The molecule has 32 heavy (non-hydrogen) atoms. The molecule has 0 radical (unpaired) electrons. The molecule has 0 bridgehead atoms. The zero-order valence-corrected chi connectivity index (χ0v) is 18.6. The number of hydrogen-bond acceptors (Lipinski definition) is 6. The van der Waals surface area contributed by atoms with E-state index in [1.165, 1.54) is 4.57 Å². The van der Waals surface area contributed by atoms with Crippen LogP contribution in [0.4, 0.5) is 11.6 Å². The van der Waals surface area contributed by atoms with Crippen molar-refractivity contribution >= 4 is 40.6 Å². The summed E-state index contributed by atoms with van der Waals surface area (Å²) >= 11 is 5.99. The average molecular weight is 452 g/mol. The molecule has 0 aliphatic carbocycles. The highest BCUT2D eigenvalue weighted by molar-refractivity contribution is 6.30. The second-order valence-electron chi connectivity index (χ2n) is 7.49. The molecule has 0 amide bonds. The van der Waals surface area contributed by atoms with Crippen molar-refractivity contribution in [3.05, 3.63) is 85.5 Å². The molecule has 0 aliphatic rings. The minimum atomic E-state index is -0.533. The number of anilines is 2. The van der Waals surface area contributed by atoms with Crippen LogP contribution in [0.5, 0.6) is 0 Å². The zero-order chi connectivity index (χ0) is 22.8. The number of hydrogen-bond donors (Lipinski definition) is 2. The SMILES string of the molecule is CN(C)c1ccc(C=NNc2nc3c(c(=O)[nH]c(=O)n3C)n2Cc2ccc(Cl)cc2)cc1. The van der Waals surface area contributed by atoms with Crippen molar-refractivity contribution in [2.24, 2.45) is 12.1 Å². The highest BCUT2D eigenvalue weighted by Gasteiger charge is 2.17. The van der Waals surface area contributed by atoms with Gasteiger partial charge in [0.05, 0.1) is 12.8 Å². The Morgan fingerprint density at radius 1 is 1.12 bits per heavy atom. The Morgan fingerprint density at radius 3 is 2.47 bits per heavy atom. The van der Waals surface area contributed by atoms with Crippen LogP contribution in [-0.2, 0) is 13.6 Å². The van der Waals surface area contributed by atoms with E-state index in [1.54, 1.807) is 30.0 Å². The van der Waals surface area contributed by atoms with E-state index >= 15 is 0 Å². The summed E-state index contributed by atoms with van der Waals surface area (Å²) in [4.78, 5) is 33.4. The van der Waals surface area contributed by atoms with Gasteiger partial charge in [-0.15, -0.1) is 0 Å². The topological polar surface area (TPSA) is 100 Å². The number of benzene rings is 2. The van der Waals surface area contributed by atoms with Crippen LogP contribution in [0.3, 0.4) is 0 Å². The van der Waals surface area contributed by atoms with Crippen molar-refractivity contribution in [2.45, 2.75) is 6.54 Å². The maximum atomic E-state index is 12.6. The van der Waals surface area contributed by atoms with Gasteiger partial charge >= 0.3 is 5.69 Å². The average Bonchev–Trinajstić information content (AvgIpc) is 3.13. The quantitative estimate of drug-likeness (QED) is 0.347. The lowest BCUT2D eigenvalue weighted by molar-refractivity contribution is 0.808. The highest BCUT2D eigenvalue weighted by Crippen LogP contribution is 2.19. The molecule has 10 heteroatoms. The van der Waals surface area contributed by atoms with E-state index in [4.69, 9.17) is 11.6 Å². The Hall–Kier alpha value is -3.85. The third-order valence-electron chi connectivity index (χ3n) is 5.05. The summed E-state index contributed by atoms with van der Waals surface area (Å²) in [6.07, 6.45) is 1.66. The van der Waals surface area contributed by atoms with Crippen molar-refractivity contribution in [2.75, 3.05) is 24.4 Å². The molecule has 0 unspecified atom stereocenters. The lowest BCUT2D eigenvalue weighted by atomic mass is 10.2. The van der Waals surface area contributed by atoms with E-state index < -0.39 is 11.2 Å². The third kappa shape index (κ3) is 4.28. The summed E-state index contributed by atoms with van der Waals surface area (Å²) in [7, 11) is 5.51. The maximum Gasteiger partial charge on any atom is 0.329 e. The van der Waals surface area contributed by atoms with Crippen molar-refractivity contribution in [3.63, 3.8) is 0 Å². The monoisotopic (exact) mass is 451 g/mol. The van der Waals surface area contributed by atoms with Gasteiger partial charge in [-0.25, -0.2) is 10.2 Å². The molecular formula is C22H22ClN7O2. The van der Waals surface area contributed by atoms with Gasteiger partial charge in [0.15, 0.2) is 11.2 Å². The van der Waals surface area contributed by atoms with Crippen molar-refractivity contribution in [1.29, 1.82) is 0 Å². The normalized spacial score (nSPS) is 11.4. The Morgan fingerprint density at radius 2 is 1.81 bits per heavy atom. The fourth-order valence-corrected chi connectivity index (χ4v) is 3.40. The van der Waals surface area contributed by atoms with Gasteiger partial charge < -0.3 is 4.90 Å². The summed E-state index contributed by atoms with van der Waals surface area (Å²) in [5.74, 6) is 0.336. The molecule has 0 saturated carbocycles. The molecule has 2 heterocycles. The van der Waals surface area contributed by atoms with E-state index in [0.717, 1.165) is 16.8 Å². The number of H-pyrrole nitrogens is 1. The molecule has 0 spiro atoms. The fraction of sp³-hybridized carbons (Fsp3) is 0.182. The van der Waals surface area contributed by atoms with E-state index in [9.17, 15) is 9.59 Å². The van der Waals surface area contributed by atoms with Gasteiger partial charge in [0.1, 0.15) is 0 Å². The standard InChI is InChI=1S/C22H22ClN7O2/c1-28(2)17-10-6-14(7-11-17)12-24-27-21-25-19-18(20(31)26-22(32)29(19)3)30(21)13-15-4-8-16(23)9-5-15/h4-12H,13H2,1-3H3,(H,25,27)(H,26,31,32). The van der Waals surface area contributed by atoms with Crippen molar-refractivity contribution < 1.29 is 0 Å². The Balaban J connectivity index is 1.71. The van der Waals surface area contributed by atoms with Crippen LogP contribution in [0.15, 0.2) is 63.2 Å². The zero-order valence-electron chi connectivity index (χ0n) is 17.8. The van der Waals surface area contributed by atoms with E-state index in [1.807, 2.05) is 55.4 Å². The summed E-state index contributed by atoms with van der Waals surface area (Å²) < 4.78 is 2.98. The molecule has 2 aromatic carbocycles. The van der Waals surface area contributed by atoms with Gasteiger partial charge in [-0.3, -0.25) is 18.9 Å². The number of rotatable bonds is 6. The van der Waals surface area contributed by atoms with Crippen LogP contribution < -0.4 is 21.6 Å². The number of imidazole rings is 1. The minimum absolute atomic E-state index is 0.265. The predicted molar refractivity (Wildman–Crippen MR) is 128 cm³/mol. The second-order valence-corrected chi connectivity index (χ2v) is 7.93. The fourth-order valence-electron chi connectivity index (χ4n) is 3.27. The van der Waals surface area contributed by atoms with E-state index in [-0.39, 0.29) is 11.2 Å². The molecular weight excluding hydrogens is 430 g/mol. The molecule has 0 fully saturated rings. The molecule has 0 aliphatic heterocycles. The molecule has 2 aromatic heterocycles. The summed E-state index contributed by atoms with van der Waals surface area (Å²) in [5, 5.41) is 4.91. The van der Waals surface area contributed by atoms with E-state index in [2.05, 4.69) is 20.5 Å². The Bertz CT molecular complexity index is 1400. The summed E-state index contributed by atoms with van der Waals surface area (Å²) in [6.45, 7) is 0.338. The molecule has 9 nitrogen and oxygen atoms in total. The van der Waals surface area contributed by atoms with Gasteiger partial charge in [0.25, 0.3) is 5.56 Å². The molecule has 2 N–H and O–H groups in total. The number of nitrogens with zero attached hydrogens (tertiary/aromatic N) is 5. The van der Waals surface area contributed by atoms with Crippen LogP contribution in [-0.4, -0.2) is 39.4 Å². The predicted octanol–water partition coefficient (Wildman–Crippen LogP) is 2.64. The number of nitrogens with one attached hydrogen (secondary N) is 2. The molecule has 0 atom stereocenters. The largest absolute Gasteiger partial charge is 0.378 e. The Kier molecular flexibility index (Phi) is 5.83. The molecule has 4 rings (SSSR count). The van der Waals surface area contributed by atoms with Crippen LogP contribution in [0, 0.1) is 0 Å². The first kappa shape index (κ1) is 21.4. The van der Waals surface area contributed by atoms with Gasteiger partial charge in [-0.2, -0.15) is 10.1 Å². The van der Waals surface area contributed by atoms with Gasteiger partial charge in [0, 0.05) is 31.9 Å². The van der Waals surface area contributed by atoms with Gasteiger partial charge in [-0.1, -0.05) is 35.9 Å². The number of aromatic amines is 1. The number of fused-ring (bicyclic) bond motifs is 1. The van der Waals surface area contributed by atoms with Crippen LogP contribution in [0.1, 0.15) is 11.1 Å². The van der Waals surface area contributed by atoms with Crippen LogP contribution in [0.2, 0.25) is 5.02 Å². The Labute approximate surface area is 188 Å². The van der Waals surface area contributed by atoms with Gasteiger partial charge in [0.2, 0.25) is 5.95 Å². The molecule has 164 valence electrons. The maximum absolute atomic E-state index is 12.6. The second kappa shape index (κ2) is 8.72. The summed E-state index contributed by atoms with van der Waals surface area (Å²) in [6, 6.07) is 15.2. The first-order chi connectivity index (χ1) is 15.3. The summed E-state index contributed by atoms with van der Waals surface area (Å²) in [5.41, 5.74) is 5.29. The lowest BCUT2D eigenvalue weighted by Crippen LogP contribution is -2.29. The number of halogens is 1. The molecule has 0 saturated heterocycles. The van der Waals surface area contributed by atoms with Gasteiger partial charge in [-0.05, 0) is 35.4 Å². The van der Waals surface area contributed by atoms with Crippen LogP contribution in [0.25, 0.3) is 11.2 Å². The first-order valence-electron chi connectivity index (χ1n) is 9.84. The van der Waals surface area contributed by atoms with Crippen LogP contribution >= 0.6 is 11.6 Å². The molecule has 4 aromatic rings. The van der Waals surface area contributed by atoms with E-state index in [0.29, 0.717) is 17.5 Å². The number of aromatic nitrogens is 4. The highest BCUT2D eigenvalue weighted by atomic mass is 35.5. The lowest BCUT2D eigenvalue weighted by Gasteiger charge is -2.11. The van der Waals surface area contributed by atoms with Crippen molar-refractivity contribution in [3.8, 4) is 0 Å². The number of aryl methyl sites for hydroxylation is 1. The van der Waals surface area contributed by atoms with Crippen molar-refractivity contribution in [1.82, 2.24) is 19.1 Å². The minimum Gasteiger partial charge on any atom is -0.378 e. The third-order valence-corrected chi connectivity index (χ3v) is 5.30. The smallest absolute Gasteiger partial charge is 0.329 e.